The second-order valence-electron chi connectivity index (χ2n) is 5.53. The summed E-state index contributed by atoms with van der Waals surface area (Å²) < 4.78 is 1.58. The molecule has 0 saturated heterocycles. The SMILES string of the molecule is CN(C)/C=C/c1c([N+](=O)[O-])c(=O)n(-c2ccc([N+](=O)[O-])cc2)c(=O)n1C. The molecule has 0 aliphatic carbocycles. The van der Waals surface area contributed by atoms with Crippen molar-refractivity contribution in [1.29, 1.82) is 0 Å². The van der Waals surface area contributed by atoms with Crippen molar-refractivity contribution in [3.8, 4) is 5.69 Å². The maximum absolute atomic E-state index is 12.6. The van der Waals surface area contributed by atoms with Gasteiger partial charge >= 0.3 is 16.9 Å². The van der Waals surface area contributed by atoms with E-state index in [0.717, 1.165) is 16.7 Å². The van der Waals surface area contributed by atoms with Crippen molar-refractivity contribution < 1.29 is 9.85 Å². The molecular weight excluding hydrogens is 346 g/mol. The highest BCUT2D eigenvalue weighted by atomic mass is 16.6. The van der Waals surface area contributed by atoms with E-state index in [9.17, 15) is 29.8 Å². The molecule has 0 aliphatic rings. The Hall–Kier alpha value is -3.76. The van der Waals surface area contributed by atoms with Crippen LogP contribution in [-0.4, -0.2) is 38.0 Å². The molecule has 0 unspecified atom stereocenters. The lowest BCUT2D eigenvalue weighted by atomic mass is 10.2. The summed E-state index contributed by atoms with van der Waals surface area (Å²) in [6.07, 6.45) is 2.76. The number of nitro groups is 2. The minimum absolute atomic E-state index is 0.00700. The Bertz CT molecular complexity index is 1020. The third-order valence-electron chi connectivity index (χ3n) is 3.52. The van der Waals surface area contributed by atoms with Gasteiger partial charge in [-0.1, -0.05) is 0 Å². The lowest BCUT2D eigenvalue weighted by Crippen LogP contribution is -2.40. The molecule has 11 heteroatoms. The normalized spacial score (nSPS) is 10.9. The van der Waals surface area contributed by atoms with Crippen LogP contribution in [0.3, 0.4) is 0 Å². The Morgan fingerprint density at radius 3 is 2.08 bits per heavy atom. The van der Waals surface area contributed by atoms with E-state index in [-0.39, 0.29) is 17.1 Å². The van der Waals surface area contributed by atoms with Gasteiger partial charge < -0.3 is 4.90 Å². The van der Waals surface area contributed by atoms with E-state index in [1.54, 1.807) is 19.0 Å². The van der Waals surface area contributed by atoms with Crippen molar-refractivity contribution in [1.82, 2.24) is 14.0 Å². The molecular formula is C15H15N5O6. The first-order valence-electron chi connectivity index (χ1n) is 7.25. The summed E-state index contributed by atoms with van der Waals surface area (Å²) in [7, 11) is 4.66. The first-order valence-corrected chi connectivity index (χ1v) is 7.25. The summed E-state index contributed by atoms with van der Waals surface area (Å²) in [5.41, 5.74) is -3.11. The molecule has 1 aromatic heterocycles. The minimum atomic E-state index is -1.12. The second-order valence-corrected chi connectivity index (χ2v) is 5.53. The van der Waals surface area contributed by atoms with Crippen molar-refractivity contribution in [2.75, 3.05) is 14.1 Å². The first-order chi connectivity index (χ1) is 12.1. The Morgan fingerprint density at radius 2 is 1.62 bits per heavy atom. The number of nitro benzene ring substituents is 1. The topological polar surface area (TPSA) is 134 Å². The number of benzene rings is 1. The zero-order valence-electron chi connectivity index (χ0n) is 14.1. The molecule has 0 atom stereocenters. The van der Waals surface area contributed by atoms with Crippen LogP contribution >= 0.6 is 0 Å². The quantitative estimate of drug-likeness (QED) is 0.570. The van der Waals surface area contributed by atoms with Gasteiger partial charge in [0, 0.05) is 39.5 Å². The summed E-state index contributed by atoms with van der Waals surface area (Å²) in [6, 6.07) is 4.57. The number of aromatic nitrogens is 2. The van der Waals surface area contributed by atoms with Gasteiger partial charge in [0.05, 0.1) is 15.5 Å². The molecule has 26 heavy (non-hydrogen) atoms. The van der Waals surface area contributed by atoms with E-state index in [4.69, 9.17) is 0 Å². The average Bonchev–Trinajstić information content (AvgIpc) is 2.56. The molecule has 0 aliphatic heterocycles. The molecule has 0 saturated carbocycles. The van der Waals surface area contributed by atoms with Gasteiger partial charge in [0.2, 0.25) is 0 Å². The third-order valence-corrected chi connectivity index (χ3v) is 3.52. The highest BCUT2D eigenvalue weighted by Gasteiger charge is 2.26. The summed E-state index contributed by atoms with van der Waals surface area (Å²) in [5.74, 6) is 0. The van der Waals surface area contributed by atoms with Crippen LogP contribution < -0.4 is 11.2 Å². The molecule has 0 spiro atoms. The number of nitrogens with zero attached hydrogens (tertiary/aromatic N) is 5. The van der Waals surface area contributed by atoms with Crippen LogP contribution in [0.4, 0.5) is 11.4 Å². The van der Waals surface area contributed by atoms with E-state index in [0.29, 0.717) is 4.57 Å². The molecule has 1 aromatic carbocycles. The highest BCUT2D eigenvalue weighted by molar-refractivity contribution is 5.57. The standard InChI is InChI=1S/C15H15N5O6/c1-16(2)9-8-12-13(20(25)26)14(21)18(15(22)17(12)3)10-4-6-11(7-5-10)19(23)24/h4-9H,1-3H3/b9-8+. The lowest BCUT2D eigenvalue weighted by molar-refractivity contribution is -0.387. The summed E-state index contributed by atoms with van der Waals surface area (Å²) in [5, 5.41) is 22.1. The van der Waals surface area contributed by atoms with Crippen LogP contribution in [0.5, 0.6) is 0 Å². The van der Waals surface area contributed by atoms with Gasteiger partial charge in [-0.2, -0.15) is 0 Å². The zero-order chi connectivity index (χ0) is 19.6. The highest BCUT2D eigenvalue weighted by Crippen LogP contribution is 2.16. The number of rotatable bonds is 5. The fraction of sp³-hybridized carbons (Fsp3) is 0.200. The Labute approximate surface area is 146 Å². The second kappa shape index (κ2) is 7.01. The molecule has 136 valence electrons. The molecule has 0 fully saturated rings. The lowest BCUT2D eigenvalue weighted by Gasteiger charge is -2.11. The van der Waals surface area contributed by atoms with Gasteiger partial charge in [0.1, 0.15) is 5.69 Å². The van der Waals surface area contributed by atoms with Crippen molar-refractivity contribution in [2.24, 2.45) is 7.05 Å². The Balaban J connectivity index is 2.81. The van der Waals surface area contributed by atoms with Crippen molar-refractivity contribution in [2.45, 2.75) is 0 Å². The van der Waals surface area contributed by atoms with E-state index < -0.39 is 26.8 Å². The fourth-order valence-corrected chi connectivity index (χ4v) is 2.25. The van der Waals surface area contributed by atoms with Crippen molar-refractivity contribution in [3.05, 3.63) is 77.2 Å². The van der Waals surface area contributed by atoms with Crippen LogP contribution in [-0.2, 0) is 7.05 Å². The van der Waals surface area contributed by atoms with Crippen LogP contribution in [0.2, 0.25) is 0 Å². The maximum Gasteiger partial charge on any atom is 0.358 e. The summed E-state index contributed by atoms with van der Waals surface area (Å²) >= 11 is 0. The first kappa shape index (κ1) is 18.6. The van der Waals surface area contributed by atoms with Gasteiger partial charge in [-0.25, -0.2) is 9.36 Å². The molecule has 0 bridgehead atoms. The van der Waals surface area contributed by atoms with E-state index in [1.165, 1.54) is 31.5 Å². The number of hydrogen-bond donors (Lipinski definition) is 0. The third kappa shape index (κ3) is 3.36. The molecule has 0 N–H and O–H groups in total. The molecule has 11 nitrogen and oxygen atoms in total. The average molecular weight is 361 g/mol. The molecule has 0 radical (unpaired) electrons. The summed E-state index contributed by atoms with van der Waals surface area (Å²) in [6.45, 7) is 0. The van der Waals surface area contributed by atoms with Gasteiger partial charge in [0.25, 0.3) is 5.69 Å². The Morgan fingerprint density at radius 1 is 1.04 bits per heavy atom. The van der Waals surface area contributed by atoms with Gasteiger partial charge in [-0.15, -0.1) is 0 Å². The Kier molecular flexibility index (Phi) is 5.01. The van der Waals surface area contributed by atoms with Gasteiger partial charge in [-0.3, -0.25) is 29.6 Å². The predicted molar refractivity (Wildman–Crippen MR) is 93.3 cm³/mol. The fourth-order valence-electron chi connectivity index (χ4n) is 2.25. The number of non-ortho nitro benzene ring substituents is 1. The maximum atomic E-state index is 12.6. The zero-order valence-corrected chi connectivity index (χ0v) is 14.1. The molecule has 1 heterocycles. The van der Waals surface area contributed by atoms with E-state index in [2.05, 4.69) is 0 Å². The predicted octanol–water partition coefficient (Wildman–Crippen LogP) is 0.885. The monoisotopic (exact) mass is 361 g/mol. The molecule has 2 rings (SSSR count). The minimum Gasteiger partial charge on any atom is -0.383 e. The van der Waals surface area contributed by atoms with Crippen LogP contribution in [0.1, 0.15) is 5.69 Å². The van der Waals surface area contributed by atoms with E-state index >= 15 is 0 Å². The molecule has 0 amide bonds. The van der Waals surface area contributed by atoms with Gasteiger partial charge in [-0.05, 0) is 18.2 Å². The smallest absolute Gasteiger partial charge is 0.358 e. The van der Waals surface area contributed by atoms with Crippen LogP contribution in [0.25, 0.3) is 11.8 Å². The van der Waals surface area contributed by atoms with Gasteiger partial charge in [0.15, 0.2) is 0 Å². The van der Waals surface area contributed by atoms with Crippen molar-refractivity contribution in [3.63, 3.8) is 0 Å². The summed E-state index contributed by atoms with van der Waals surface area (Å²) in [4.78, 5) is 47.4. The van der Waals surface area contributed by atoms with E-state index in [1.807, 2.05) is 0 Å². The van der Waals surface area contributed by atoms with Crippen LogP contribution in [0.15, 0.2) is 40.1 Å². The van der Waals surface area contributed by atoms with Crippen LogP contribution in [0, 0.1) is 20.2 Å². The van der Waals surface area contributed by atoms with Crippen molar-refractivity contribution >= 4 is 17.5 Å². The number of hydrogen-bond acceptors (Lipinski definition) is 7. The largest absolute Gasteiger partial charge is 0.383 e. The molecule has 2 aromatic rings.